The molecule has 0 spiro atoms. The standard InChI is InChI=1S/C25H35N3O2S/c1-18(2)30-22-10-8-9-20(17-22)24-26-19(3)23(31-24)25(29)28-15-11-21(12-16-28)27-13-6-4-5-7-14-27/h8-10,17-18,21H,4-7,11-16H2,1-3H3. The Kier molecular flexibility index (Phi) is 7.28. The fraction of sp³-hybridized carbons (Fsp3) is 0.600. The van der Waals surface area contributed by atoms with Crippen LogP contribution in [0.1, 0.15) is 67.7 Å². The van der Waals surface area contributed by atoms with Gasteiger partial charge in [0.1, 0.15) is 15.6 Å². The predicted octanol–water partition coefficient (Wildman–Crippen LogP) is 5.39. The van der Waals surface area contributed by atoms with Crippen LogP contribution in [0.25, 0.3) is 10.6 Å². The summed E-state index contributed by atoms with van der Waals surface area (Å²) >= 11 is 1.51. The summed E-state index contributed by atoms with van der Waals surface area (Å²) < 4.78 is 5.82. The molecule has 2 aliphatic rings. The molecule has 3 heterocycles. The van der Waals surface area contributed by atoms with Crippen molar-refractivity contribution in [1.29, 1.82) is 0 Å². The maximum Gasteiger partial charge on any atom is 0.265 e. The summed E-state index contributed by atoms with van der Waals surface area (Å²) in [4.78, 5) is 23.5. The third-order valence-electron chi connectivity index (χ3n) is 6.35. The Bertz CT molecular complexity index is 879. The average Bonchev–Trinajstić information content (AvgIpc) is 2.97. The van der Waals surface area contributed by atoms with Gasteiger partial charge in [-0.2, -0.15) is 0 Å². The highest BCUT2D eigenvalue weighted by atomic mass is 32.1. The van der Waals surface area contributed by atoms with E-state index in [2.05, 4.69) is 4.90 Å². The number of piperidine rings is 1. The first-order chi connectivity index (χ1) is 15.0. The molecular formula is C25H35N3O2S. The van der Waals surface area contributed by atoms with Crippen molar-refractivity contribution in [2.24, 2.45) is 0 Å². The number of hydrogen-bond acceptors (Lipinski definition) is 5. The Labute approximate surface area is 190 Å². The van der Waals surface area contributed by atoms with Crippen molar-refractivity contribution in [2.45, 2.75) is 71.4 Å². The van der Waals surface area contributed by atoms with Crippen molar-refractivity contribution in [1.82, 2.24) is 14.8 Å². The van der Waals surface area contributed by atoms with Gasteiger partial charge in [0.25, 0.3) is 5.91 Å². The number of likely N-dealkylation sites (tertiary alicyclic amines) is 2. The molecule has 6 heteroatoms. The molecule has 2 saturated heterocycles. The Hall–Kier alpha value is -1.92. The van der Waals surface area contributed by atoms with Crippen LogP contribution in [-0.2, 0) is 0 Å². The lowest BCUT2D eigenvalue weighted by atomic mass is 10.0. The zero-order valence-corrected chi connectivity index (χ0v) is 19.9. The van der Waals surface area contributed by atoms with Gasteiger partial charge in [0.15, 0.2) is 0 Å². The molecule has 2 aromatic rings. The monoisotopic (exact) mass is 441 g/mol. The van der Waals surface area contributed by atoms with Crippen LogP contribution in [0.4, 0.5) is 0 Å². The second-order valence-corrected chi connectivity index (χ2v) is 10.1. The molecule has 0 N–H and O–H groups in total. The van der Waals surface area contributed by atoms with E-state index in [0.717, 1.165) is 52.8 Å². The first-order valence-corrected chi connectivity index (χ1v) is 12.6. The molecule has 0 saturated carbocycles. The number of carbonyl (C=O) groups excluding carboxylic acids is 1. The van der Waals surface area contributed by atoms with Gasteiger partial charge in [0.05, 0.1) is 11.8 Å². The van der Waals surface area contributed by atoms with Crippen LogP contribution < -0.4 is 4.74 Å². The normalized spacial score (nSPS) is 18.9. The highest BCUT2D eigenvalue weighted by Crippen LogP contribution is 2.32. The number of rotatable bonds is 5. The van der Waals surface area contributed by atoms with Crippen LogP contribution in [0, 0.1) is 6.92 Å². The second kappa shape index (κ2) is 10.1. The van der Waals surface area contributed by atoms with Crippen molar-refractivity contribution in [3.8, 4) is 16.3 Å². The summed E-state index contributed by atoms with van der Waals surface area (Å²) in [5.41, 5.74) is 1.83. The summed E-state index contributed by atoms with van der Waals surface area (Å²) in [6.45, 7) is 10.2. The molecular weight excluding hydrogens is 406 g/mol. The van der Waals surface area contributed by atoms with Crippen molar-refractivity contribution in [3.05, 3.63) is 34.8 Å². The van der Waals surface area contributed by atoms with Gasteiger partial charge in [-0.3, -0.25) is 4.79 Å². The molecule has 4 rings (SSSR count). The van der Waals surface area contributed by atoms with Crippen molar-refractivity contribution in [3.63, 3.8) is 0 Å². The minimum atomic E-state index is 0.127. The fourth-order valence-electron chi connectivity index (χ4n) is 4.73. The largest absolute Gasteiger partial charge is 0.491 e. The molecule has 5 nitrogen and oxygen atoms in total. The maximum atomic E-state index is 13.3. The summed E-state index contributed by atoms with van der Waals surface area (Å²) in [6.07, 6.45) is 7.69. The van der Waals surface area contributed by atoms with Gasteiger partial charge in [-0.05, 0) is 71.7 Å². The Morgan fingerprint density at radius 3 is 2.48 bits per heavy atom. The number of thiazole rings is 1. The van der Waals surface area contributed by atoms with E-state index in [4.69, 9.17) is 9.72 Å². The molecule has 0 unspecified atom stereocenters. The molecule has 0 bridgehead atoms. The Morgan fingerprint density at radius 1 is 1.10 bits per heavy atom. The smallest absolute Gasteiger partial charge is 0.265 e. The number of hydrogen-bond donors (Lipinski definition) is 0. The molecule has 2 aliphatic heterocycles. The van der Waals surface area contributed by atoms with E-state index in [1.807, 2.05) is 49.9 Å². The van der Waals surface area contributed by atoms with Gasteiger partial charge in [0, 0.05) is 24.7 Å². The lowest BCUT2D eigenvalue weighted by molar-refractivity contribution is 0.0626. The van der Waals surface area contributed by atoms with Crippen LogP contribution in [0.2, 0.25) is 0 Å². The number of nitrogens with zero attached hydrogens (tertiary/aromatic N) is 3. The first kappa shape index (κ1) is 22.3. The maximum absolute atomic E-state index is 13.3. The Morgan fingerprint density at radius 2 is 1.81 bits per heavy atom. The zero-order valence-electron chi connectivity index (χ0n) is 19.1. The highest BCUT2D eigenvalue weighted by Gasteiger charge is 2.29. The third-order valence-corrected chi connectivity index (χ3v) is 7.55. The van der Waals surface area contributed by atoms with E-state index < -0.39 is 0 Å². The lowest BCUT2D eigenvalue weighted by Gasteiger charge is -2.38. The first-order valence-electron chi connectivity index (χ1n) is 11.8. The van der Waals surface area contributed by atoms with Crippen molar-refractivity contribution < 1.29 is 9.53 Å². The molecule has 0 aliphatic carbocycles. The van der Waals surface area contributed by atoms with E-state index >= 15 is 0 Å². The fourth-order valence-corrected chi connectivity index (χ4v) is 5.76. The van der Waals surface area contributed by atoms with E-state index in [9.17, 15) is 4.79 Å². The minimum absolute atomic E-state index is 0.127. The van der Waals surface area contributed by atoms with E-state index in [-0.39, 0.29) is 12.0 Å². The molecule has 0 radical (unpaired) electrons. The van der Waals surface area contributed by atoms with Crippen LogP contribution in [0.15, 0.2) is 24.3 Å². The zero-order chi connectivity index (χ0) is 21.8. The molecule has 1 amide bonds. The van der Waals surface area contributed by atoms with Gasteiger partial charge in [-0.1, -0.05) is 25.0 Å². The summed E-state index contributed by atoms with van der Waals surface area (Å²) in [7, 11) is 0. The van der Waals surface area contributed by atoms with Gasteiger partial charge in [-0.25, -0.2) is 4.98 Å². The molecule has 1 aromatic carbocycles. The number of amides is 1. The number of carbonyl (C=O) groups is 1. The van der Waals surface area contributed by atoms with E-state index in [0.29, 0.717) is 6.04 Å². The SMILES string of the molecule is Cc1nc(-c2cccc(OC(C)C)c2)sc1C(=O)N1CCC(N2CCCCCC2)CC1. The summed E-state index contributed by atoms with van der Waals surface area (Å²) in [6, 6.07) is 8.64. The minimum Gasteiger partial charge on any atom is -0.491 e. The number of benzene rings is 1. The van der Waals surface area contributed by atoms with Gasteiger partial charge in [0.2, 0.25) is 0 Å². The lowest BCUT2D eigenvalue weighted by Crippen LogP contribution is -2.47. The molecule has 168 valence electrons. The van der Waals surface area contributed by atoms with E-state index in [1.165, 1.54) is 50.1 Å². The van der Waals surface area contributed by atoms with Gasteiger partial charge >= 0.3 is 0 Å². The quantitative estimate of drug-likeness (QED) is 0.624. The van der Waals surface area contributed by atoms with Crippen molar-refractivity contribution in [2.75, 3.05) is 26.2 Å². The van der Waals surface area contributed by atoms with Crippen LogP contribution >= 0.6 is 11.3 Å². The highest BCUT2D eigenvalue weighted by molar-refractivity contribution is 7.17. The summed E-state index contributed by atoms with van der Waals surface area (Å²) in [5, 5.41) is 0.884. The van der Waals surface area contributed by atoms with E-state index in [1.54, 1.807) is 0 Å². The molecule has 1 aromatic heterocycles. The number of aryl methyl sites for hydroxylation is 1. The van der Waals surface area contributed by atoms with Crippen molar-refractivity contribution >= 4 is 17.2 Å². The van der Waals surface area contributed by atoms with Gasteiger partial charge < -0.3 is 14.5 Å². The van der Waals surface area contributed by atoms with Gasteiger partial charge in [-0.15, -0.1) is 11.3 Å². The molecule has 2 fully saturated rings. The number of aromatic nitrogens is 1. The van der Waals surface area contributed by atoms with Crippen LogP contribution in [0.3, 0.4) is 0 Å². The van der Waals surface area contributed by atoms with Crippen LogP contribution in [0.5, 0.6) is 5.75 Å². The summed E-state index contributed by atoms with van der Waals surface area (Å²) in [5.74, 6) is 0.981. The topological polar surface area (TPSA) is 45.7 Å². The average molecular weight is 442 g/mol. The van der Waals surface area contributed by atoms with Crippen LogP contribution in [-0.4, -0.2) is 59.0 Å². The molecule has 0 atom stereocenters. The Balaban J connectivity index is 1.41. The predicted molar refractivity (Wildman–Crippen MR) is 127 cm³/mol. The third kappa shape index (κ3) is 5.47. The second-order valence-electron chi connectivity index (χ2n) is 9.10. The number of ether oxygens (including phenoxy) is 1. The molecule has 31 heavy (non-hydrogen) atoms.